The van der Waals surface area contributed by atoms with E-state index in [1.54, 1.807) is 12.1 Å². The molecular formula is C59H74N6O8. The van der Waals surface area contributed by atoms with Gasteiger partial charge in [-0.3, -0.25) is 9.59 Å². The number of pyridine rings is 2. The Hall–Kier alpha value is -6.35. The normalized spacial score (nSPS) is 16.5. The van der Waals surface area contributed by atoms with Gasteiger partial charge in [0.1, 0.15) is 32.0 Å². The topological polar surface area (TPSA) is 129 Å². The fourth-order valence-corrected chi connectivity index (χ4v) is 10.6. The smallest absolute Gasteiger partial charge is 0.410 e. The van der Waals surface area contributed by atoms with E-state index >= 15 is 0 Å². The number of nitrogens with zero attached hydrogens (tertiary/aromatic N) is 5. The first-order valence-corrected chi connectivity index (χ1v) is 26.3. The van der Waals surface area contributed by atoms with E-state index in [1.807, 2.05) is 72.9 Å². The Labute approximate surface area is 429 Å². The van der Waals surface area contributed by atoms with Crippen molar-refractivity contribution in [1.82, 2.24) is 29.2 Å². The number of aryl methyl sites for hydroxylation is 4. The van der Waals surface area contributed by atoms with Gasteiger partial charge in [-0.1, -0.05) is 36.4 Å². The van der Waals surface area contributed by atoms with Crippen molar-refractivity contribution in [3.63, 3.8) is 0 Å². The van der Waals surface area contributed by atoms with Crippen molar-refractivity contribution in [1.29, 1.82) is 0 Å². The van der Waals surface area contributed by atoms with E-state index in [2.05, 4.69) is 77.5 Å². The van der Waals surface area contributed by atoms with Crippen LogP contribution in [0.15, 0.2) is 94.5 Å². The van der Waals surface area contributed by atoms with Crippen molar-refractivity contribution >= 4 is 27.9 Å². The van der Waals surface area contributed by atoms with Crippen LogP contribution in [-0.4, -0.2) is 113 Å². The van der Waals surface area contributed by atoms with Crippen LogP contribution in [0.1, 0.15) is 79.8 Å². The van der Waals surface area contributed by atoms with Crippen LogP contribution in [0.3, 0.4) is 0 Å². The van der Waals surface area contributed by atoms with Crippen LogP contribution in [0.4, 0.5) is 4.79 Å². The van der Waals surface area contributed by atoms with E-state index < -0.39 is 5.60 Å². The third kappa shape index (κ3) is 12.9. The molecule has 0 atom stereocenters. The molecule has 2 saturated heterocycles. The van der Waals surface area contributed by atoms with Crippen LogP contribution in [0.5, 0.6) is 23.0 Å². The van der Waals surface area contributed by atoms with Crippen molar-refractivity contribution in [3.05, 3.63) is 139 Å². The summed E-state index contributed by atoms with van der Waals surface area (Å²) in [7, 11) is 0. The number of carbonyl (C=O) groups excluding carboxylic acids is 1. The van der Waals surface area contributed by atoms with Crippen LogP contribution in [0, 0.1) is 27.7 Å². The third-order valence-electron chi connectivity index (χ3n) is 14.6. The first-order valence-electron chi connectivity index (χ1n) is 26.3. The second-order valence-electron chi connectivity index (χ2n) is 21.3. The van der Waals surface area contributed by atoms with Crippen molar-refractivity contribution in [3.8, 4) is 23.0 Å². The Morgan fingerprint density at radius 2 is 1.05 bits per heavy atom. The van der Waals surface area contributed by atoms with E-state index in [0.717, 1.165) is 140 Å². The molecule has 388 valence electrons. The summed E-state index contributed by atoms with van der Waals surface area (Å²) < 4.78 is 32.4. The fourth-order valence-electron chi connectivity index (χ4n) is 10.6. The Kier molecular flexibility index (Phi) is 16.1. The van der Waals surface area contributed by atoms with Gasteiger partial charge in [0.25, 0.3) is 11.1 Å². The molecule has 6 aromatic rings. The zero-order valence-corrected chi connectivity index (χ0v) is 44.0. The molecular weight excluding hydrogens is 921 g/mol. The van der Waals surface area contributed by atoms with Crippen molar-refractivity contribution < 1.29 is 28.5 Å². The number of ether oxygens (including phenoxy) is 5. The average molecular weight is 995 g/mol. The van der Waals surface area contributed by atoms with Crippen molar-refractivity contribution in [2.24, 2.45) is 0 Å². The van der Waals surface area contributed by atoms with Crippen LogP contribution in [0.2, 0.25) is 0 Å². The lowest BCUT2D eigenvalue weighted by Crippen LogP contribution is -2.49. The van der Waals surface area contributed by atoms with Gasteiger partial charge in [-0.05, 0) is 157 Å². The molecule has 14 nitrogen and oxygen atoms in total. The number of hydrogen-bond acceptors (Lipinski definition) is 11. The van der Waals surface area contributed by atoms with Crippen molar-refractivity contribution in [2.45, 2.75) is 118 Å². The van der Waals surface area contributed by atoms with Gasteiger partial charge in [-0.25, -0.2) is 4.79 Å². The standard InChI is InChI=1S/C32H41N3O5.C27H33N3O3/c1-22-6-8-26-23(2)19-30(36)34(27(26)18-22)15-14-33-12-10-25(11-13-33)35(31(37)40-32(3,4)5)21-24-7-9-28-29(20-24)39-17-16-38-28;1-19-3-5-23-20(2)16-27(31)30(24(23)15-19)12-11-29-9-7-22(8-10-29)28-18-21-4-6-25-26(17-21)33-14-13-32-25/h6-9,18-20,25H,10-17,21H2,1-5H3;3-6,15-17,22,28H,7-14,18H2,1-2H3. The highest BCUT2D eigenvalue weighted by atomic mass is 16.6. The summed E-state index contributed by atoms with van der Waals surface area (Å²) in [6.07, 6.45) is 3.62. The Bertz CT molecular complexity index is 3030. The molecule has 0 aliphatic carbocycles. The number of carbonyl (C=O) groups is 1. The minimum Gasteiger partial charge on any atom is -0.486 e. The lowest BCUT2D eigenvalue weighted by molar-refractivity contribution is 0.00562. The SMILES string of the molecule is Cc1ccc2c(C)cc(=O)n(CCN3CCC(N(Cc4ccc5c(c4)OCCO5)C(=O)OC(C)(C)C)CC3)c2c1.Cc1ccc2c(C)cc(=O)n(CCN3CCC(NCc4ccc5c(c4)OCCO5)CC3)c2c1. The Morgan fingerprint density at radius 3 is 1.56 bits per heavy atom. The second-order valence-corrected chi connectivity index (χ2v) is 21.3. The highest BCUT2D eigenvalue weighted by Crippen LogP contribution is 2.33. The highest BCUT2D eigenvalue weighted by Gasteiger charge is 2.32. The minimum absolute atomic E-state index is 0.0426. The monoisotopic (exact) mass is 995 g/mol. The van der Waals surface area contributed by atoms with Crippen LogP contribution >= 0.6 is 0 Å². The van der Waals surface area contributed by atoms with Gasteiger partial charge in [0.05, 0.1) is 11.0 Å². The number of aromatic nitrogens is 2. The molecule has 4 aliphatic rings. The van der Waals surface area contributed by atoms with E-state index in [1.165, 1.54) is 16.5 Å². The molecule has 0 spiro atoms. The summed E-state index contributed by atoms with van der Waals surface area (Å²) in [5.74, 6) is 3.15. The number of likely N-dealkylation sites (tertiary alicyclic amines) is 2. The highest BCUT2D eigenvalue weighted by molar-refractivity contribution is 5.84. The molecule has 0 unspecified atom stereocenters. The third-order valence-corrected chi connectivity index (χ3v) is 14.6. The molecule has 2 fully saturated rings. The van der Waals surface area contributed by atoms with Gasteiger partial charge < -0.3 is 52.8 Å². The number of hydrogen-bond donors (Lipinski definition) is 1. The maximum Gasteiger partial charge on any atom is 0.410 e. The van der Waals surface area contributed by atoms with Gasteiger partial charge in [0.2, 0.25) is 0 Å². The van der Waals surface area contributed by atoms with Gasteiger partial charge in [0, 0.05) is 87.3 Å². The number of piperidine rings is 2. The van der Waals surface area contributed by atoms with Gasteiger partial charge >= 0.3 is 6.09 Å². The maximum atomic E-state index is 13.4. The van der Waals surface area contributed by atoms with E-state index in [4.69, 9.17) is 23.7 Å². The summed E-state index contributed by atoms with van der Waals surface area (Å²) in [6.45, 7) is 24.3. The van der Waals surface area contributed by atoms with Crippen LogP contribution in [0.25, 0.3) is 21.8 Å². The number of fused-ring (bicyclic) bond motifs is 4. The maximum absolute atomic E-state index is 13.4. The van der Waals surface area contributed by atoms with E-state index in [9.17, 15) is 14.4 Å². The predicted molar refractivity (Wildman–Crippen MR) is 288 cm³/mol. The summed E-state index contributed by atoms with van der Waals surface area (Å²) >= 11 is 0. The number of nitrogens with one attached hydrogen (secondary N) is 1. The average Bonchev–Trinajstić information content (AvgIpc) is 3.37. The van der Waals surface area contributed by atoms with Crippen molar-refractivity contribution in [2.75, 3.05) is 65.7 Å². The van der Waals surface area contributed by atoms with E-state index in [0.29, 0.717) is 45.6 Å². The summed E-state index contributed by atoms with van der Waals surface area (Å²) in [5.41, 5.74) is 8.22. The molecule has 0 bridgehead atoms. The minimum atomic E-state index is -0.578. The molecule has 1 amide bonds. The van der Waals surface area contributed by atoms with Crippen LogP contribution < -0.4 is 35.4 Å². The lowest BCUT2D eigenvalue weighted by Gasteiger charge is -2.39. The molecule has 6 heterocycles. The Balaban J connectivity index is 0.000000183. The first kappa shape index (κ1) is 51.5. The molecule has 73 heavy (non-hydrogen) atoms. The second kappa shape index (κ2) is 22.8. The van der Waals surface area contributed by atoms with Crippen LogP contribution in [-0.2, 0) is 30.9 Å². The molecule has 0 radical (unpaired) electrons. The Morgan fingerprint density at radius 1 is 0.589 bits per heavy atom. The summed E-state index contributed by atoms with van der Waals surface area (Å²) in [6, 6.07) is 28.8. The largest absolute Gasteiger partial charge is 0.486 e. The molecule has 4 aliphatic heterocycles. The molecule has 1 N–H and O–H groups in total. The number of amides is 1. The quantitative estimate of drug-likeness (QED) is 0.126. The summed E-state index contributed by atoms with van der Waals surface area (Å²) in [5, 5.41) is 6.00. The zero-order valence-electron chi connectivity index (χ0n) is 44.0. The van der Waals surface area contributed by atoms with Gasteiger partial charge in [-0.2, -0.15) is 0 Å². The molecule has 14 heteroatoms. The van der Waals surface area contributed by atoms with E-state index in [-0.39, 0.29) is 23.3 Å². The van der Waals surface area contributed by atoms with Gasteiger partial charge in [0.15, 0.2) is 23.0 Å². The molecule has 4 aromatic carbocycles. The fraction of sp³-hybridized carbons (Fsp3) is 0.475. The molecule has 10 rings (SSSR count). The summed E-state index contributed by atoms with van der Waals surface area (Å²) in [4.78, 5) is 45.7. The number of rotatable bonds is 12. The first-order chi connectivity index (χ1) is 35.1. The van der Waals surface area contributed by atoms with Gasteiger partial charge in [-0.15, -0.1) is 0 Å². The molecule has 2 aromatic heterocycles. The number of benzene rings is 4. The lowest BCUT2D eigenvalue weighted by atomic mass is 10.0. The zero-order chi connectivity index (χ0) is 51.2. The predicted octanol–water partition coefficient (Wildman–Crippen LogP) is 8.93. The molecule has 0 saturated carbocycles.